The van der Waals surface area contributed by atoms with E-state index in [-0.39, 0.29) is 11.3 Å². The predicted molar refractivity (Wildman–Crippen MR) is 94.0 cm³/mol. The van der Waals surface area contributed by atoms with Gasteiger partial charge in [0.25, 0.3) is 0 Å². The second-order valence-electron chi connectivity index (χ2n) is 5.41. The Kier molecular flexibility index (Phi) is 4.90. The fraction of sp³-hybridized carbons (Fsp3) is 0.0476. The van der Waals surface area contributed by atoms with E-state index < -0.39 is 11.9 Å². The van der Waals surface area contributed by atoms with Gasteiger partial charge in [-0.25, -0.2) is 9.59 Å². The zero-order valence-corrected chi connectivity index (χ0v) is 13.6. The Morgan fingerprint density at radius 3 is 1.92 bits per heavy atom. The predicted octanol–water partition coefficient (Wildman–Crippen LogP) is 4.43. The fourth-order valence-corrected chi connectivity index (χ4v) is 2.28. The molecule has 0 radical (unpaired) electrons. The van der Waals surface area contributed by atoms with Crippen molar-refractivity contribution in [1.82, 2.24) is 0 Å². The third kappa shape index (κ3) is 3.93. The first-order valence-corrected chi connectivity index (χ1v) is 7.79. The van der Waals surface area contributed by atoms with Crippen LogP contribution in [0, 0.1) is 6.92 Å². The molecule has 4 nitrogen and oxygen atoms in total. The highest BCUT2D eigenvalue weighted by atomic mass is 16.5. The van der Waals surface area contributed by atoms with Crippen LogP contribution < -0.4 is 9.47 Å². The highest BCUT2D eigenvalue weighted by Crippen LogP contribution is 2.23. The summed E-state index contributed by atoms with van der Waals surface area (Å²) in [5.74, 6) is -0.478. The highest BCUT2D eigenvalue weighted by Gasteiger charge is 2.18. The molecule has 124 valence electrons. The van der Waals surface area contributed by atoms with Gasteiger partial charge in [-0.1, -0.05) is 48.5 Å². The Balaban J connectivity index is 1.82. The molecule has 0 aliphatic rings. The summed E-state index contributed by atoms with van der Waals surface area (Å²) in [7, 11) is 0. The maximum Gasteiger partial charge on any atom is 0.347 e. The summed E-state index contributed by atoms with van der Waals surface area (Å²) in [4.78, 5) is 24.7. The van der Waals surface area contributed by atoms with Gasteiger partial charge in [-0.2, -0.15) is 0 Å². The fourth-order valence-electron chi connectivity index (χ4n) is 2.28. The average molecular weight is 332 g/mol. The van der Waals surface area contributed by atoms with Crippen molar-refractivity contribution in [2.24, 2.45) is 0 Å². The minimum atomic E-state index is -0.578. The summed E-state index contributed by atoms with van der Waals surface area (Å²) in [6, 6.07) is 22.3. The van der Waals surface area contributed by atoms with Crippen LogP contribution in [0.5, 0.6) is 11.5 Å². The number of benzene rings is 3. The van der Waals surface area contributed by atoms with E-state index in [0.717, 1.165) is 5.56 Å². The molecule has 3 aromatic carbocycles. The molecule has 0 atom stereocenters. The minimum absolute atomic E-state index is 0.162. The topological polar surface area (TPSA) is 52.6 Å². The quantitative estimate of drug-likeness (QED) is 0.524. The molecule has 0 fully saturated rings. The number of aryl methyl sites for hydroxylation is 1. The molecule has 0 aliphatic carbocycles. The number of carbonyl (C=O) groups excluding carboxylic acids is 2. The van der Waals surface area contributed by atoms with Crippen molar-refractivity contribution < 1.29 is 19.1 Å². The van der Waals surface area contributed by atoms with Crippen LogP contribution in [0.1, 0.15) is 26.3 Å². The lowest BCUT2D eigenvalue weighted by molar-refractivity contribution is 0.0706. The monoisotopic (exact) mass is 332 g/mol. The van der Waals surface area contributed by atoms with Crippen LogP contribution in [0.2, 0.25) is 0 Å². The third-order valence-corrected chi connectivity index (χ3v) is 3.62. The normalized spacial score (nSPS) is 10.1. The third-order valence-electron chi connectivity index (χ3n) is 3.62. The molecule has 0 aliphatic heterocycles. The van der Waals surface area contributed by atoms with Crippen LogP contribution in [0.4, 0.5) is 0 Å². The van der Waals surface area contributed by atoms with Crippen LogP contribution in [0.15, 0.2) is 78.9 Å². The molecular formula is C21H16O4. The largest absolute Gasteiger partial charge is 0.423 e. The maximum atomic E-state index is 12.5. The number of hydrogen-bond donors (Lipinski definition) is 0. The van der Waals surface area contributed by atoms with Crippen molar-refractivity contribution in [3.05, 3.63) is 95.6 Å². The molecule has 0 spiro atoms. The van der Waals surface area contributed by atoms with Gasteiger partial charge in [0.05, 0.1) is 5.56 Å². The average Bonchev–Trinajstić information content (AvgIpc) is 2.64. The summed E-state index contributed by atoms with van der Waals surface area (Å²) >= 11 is 0. The molecule has 0 saturated carbocycles. The van der Waals surface area contributed by atoms with E-state index in [1.807, 2.05) is 25.1 Å². The van der Waals surface area contributed by atoms with Crippen molar-refractivity contribution >= 4 is 11.9 Å². The number of carbonyl (C=O) groups is 2. The van der Waals surface area contributed by atoms with E-state index in [2.05, 4.69) is 0 Å². The lowest BCUT2D eigenvalue weighted by Gasteiger charge is -2.11. The molecule has 3 rings (SSSR count). The number of ether oxygens (including phenoxy) is 2. The molecule has 0 unspecified atom stereocenters. The molecule has 0 saturated heterocycles. The highest BCUT2D eigenvalue weighted by molar-refractivity contribution is 5.97. The van der Waals surface area contributed by atoms with Crippen molar-refractivity contribution in [1.29, 1.82) is 0 Å². The van der Waals surface area contributed by atoms with Crippen molar-refractivity contribution in [2.45, 2.75) is 6.92 Å². The zero-order valence-electron chi connectivity index (χ0n) is 13.6. The molecule has 4 heteroatoms. The number of rotatable bonds is 4. The summed E-state index contributed by atoms with van der Waals surface area (Å²) < 4.78 is 10.8. The van der Waals surface area contributed by atoms with Gasteiger partial charge in [-0.15, -0.1) is 0 Å². The summed E-state index contributed by atoms with van der Waals surface area (Å²) in [6.07, 6.45) is 0. The SMILES string of the molecule is Cc1ccccc1OC(=O)c1ccccc1OC(=O)c1ccccc1. The van der Waals surface area contributed by atoms with Gasteiger partial charge >= 0.3 is 11.9 Å². The van der Waals surface area contributed by atoms with Gasteiger partial charge in [0.2, 0.25) is 0 Å². The van der Waals surface area contributed by atoms with E-state index >= 15 is 0 Å². The minimum Gasteiger partial charge on any atom is -0.423 e. The first kappa shape index (κ1) is 16.5. The van der Waals surface area contributed by atoms with Crippen LogP contribution in [-0.4, -0.2) is 11.9 Å². The van der Waals surface area contributed by atoms with Gasteiger partial charge in [0.15, 0.2) is 0 Å². The van der Waals surface area contributed by atoms with E-state index in [1.54, 1.807) is 60.7 Å². The van der Waals surface area contributed by atoms with Gasteiger partial charge in [-0.05, 0) is 42.8 Å². The second-order valence-corrected chi connectivity index (χ2v) is 5.41. The summed E-state index contributed by atoms with van der Waals surface area (Å²) in [6.45, 7) is 1.85. The van der Waals surface area contributed by atoms with Crippen LogP contribution in [0.25, 0.3) is 0 Å². The van der Waals surface area contributed by atoms with Crippen LogP contribution in [-0.2, 0) is 0 Å². The van der Waals surface area contributed by atoms with Gasteiger partial charge in [0, 0.05) is 0 Å². The van der Waals surface area contributed by atoms with Crippen LogP contribution in [0.3, 0.4) is 0 Å². The van der Waals surface area contributed by atoms with E-state index in [9.17, 15) is 9.59 Å². The number of hydrogen-bond acceptors (Lipinski definition) is 4. The first-order chi connectivity index (χ1) is 12.1. The Hall–Kier alpha value is -3.40. The second kappa shape index (κ2) is 7.45. The summed E-state index contributed by atoms with van der Waals surface area (Å²) in [5.41, 5.74) is 1.44. The van der Waals surface area contributed by atoms with Gasteiger partial charge in [-0.3, -0.25) is 0 Å². The Morgan fingerprint density at radius 2 is 1.20 bits per heavy atom. The first-order valence-electron chi connectivity index (χ1n) is 7.79. The van der Waals surface area contributed by atoms with E-state index in [1.165, 1.54) is 0 Å². The van der Waals surface area contributed by atoms with Crippen molar-refractivity contribution in [3.63, 3.8) is 0 Å². The molecular weight excluding hydrogens is 316 g/mol. The Morgan fingerprint density at radius 1 is 0.640 bits per heavy atom. The summed E-state index contributed by atoms with van der Waals surface area (Å²) in [5, 5.41) is 0. The van der Waals surface area contributed by atoms with Crippen LogP contribution >= 0.6 is 0 Å². The number of para-hydroxylation sites is 2. The molecule has 3 aromatic rings. The Bertz CT molecular complexity index is 901. The molecule has 0 bridgehead atoms. The zero-order chi connectivity index (χ0) is 17.6. The van der Waals surface area contributed by atoms with E-state index in [4.69, 9.17) is 9.47 Å². The van der Waals surface area contributed by atoms with Gasteiger partial charge in [0.1, 0.15) is 17.1 Å². The molecule has 0 amide bonds. The smallest absolute Gasteiger partial charge is 0.347 e. The van der Waals surface area contributed by atoms with Crippen molar-refractivity contribution in [2.75, 3.05) is 0 Å². The standard InChI is InChI=1S/C21H16O4/c1-15-9-5-7-13-18(15)24-21(23)17-12-6-8-14-19(17)25-20(22)16-10-3-2-4-11-16/h2-14H,1H3. The van der Waals surface area contributed by atoms with Gasteiger partial charge < -0.3 is 9.47 Å². The van der Waals surface area contributed by atoms with E-state index in [0.29, 0.717) is 11.3 Å². The molecule has 0 heterocycles. The Labute approximate surface area is 145 Å². The number of esters is 2. The molecule has 0 aromatic heterocycles. The lowest BCUT2D eigenvalue weighted by Crippen LogP contribution is -2.14. The maximum absolute atomic E-state index is 12.5. The van der Waals surface area contributed by atoms with Crippen molar-refractivity contribution in [3.8, 4) is 11.5 Å². The molecule has 25 heavy (non-hydrogen) atoms. The molecule has 0 N–H and O–H groups in total. The lowest BCUT2D eigenvalue weighted by atomic mass is 10.2.